The van der Waals surface area contributed by atoms with E-state index in [9.17, 15) is 0 Å². The van der Waals surface area contributed by atoms with Gasteiger partial charge in [-0.25, -0.2) is 0 Å². The zero-order valence-electron chi connectivity index (χ0n) is 7.22. The molecule has 0 aromatic rings. The van der Waals surface area contributed by atoms with Gasteiger partial charge in [-0.1, -0.05) is 45.4 Å². The van der Waals surface area contributed by atoms with Gasteiger partial charge in [-0.15, -0.1) is 0 Å². The molecule has 0 aromatic carbocycles. The van der Waals surface area contributed by atoms with Crippen LogP contribution in [0.15, 0.2) is 18.2 Å². The van der Waals surface area contributed by atoms with Gasteiger partial charge in [-0.05, 0) is 18.4 Å². The van der Waals surface area contributed by atoms with Crippen LogP contribution in [0.25, 0.3) is 0 Å². The Morgan fingerprint density at radius 3 is 2.60 bits per heavy atom. The molecule has 10 heavy (non-hydrogen) atoms. The average Bonchev–Trinajstić information content (AvgIpc) is 1.87. The third-order valence-electron chi connectivity index (χ3n) is 1.10. The first-order chi connectivity index (χ1) is 4.77. The molecule has 0 aliphatic rings. The van der Waals surface area contributed by atoms with Gasteiger partial charge in [0, 0.05) is 0 Å². The lowest BCUT2D eigenvalue weighted by molar-refractivity contribution is 0.829. The number of hydrogen-bond acceptors (Lipinski definition) is 0. The second kappa shape index (κ2) is 6.60. The fraction of sp³-hybridized carbons (Fsp3) is 0.600. The maximum atomic E-state index is 3.11. The van der Waals surface area contributed by atoms with Gasteiger partial charge < -0.3 is 0 Å². The van der Waals surface area contributed by atoms with Gasteiger partial charge in [-0.2, -0.15) is 0 Å². The van der Waals surface area contributed by atoms with Crippen molar-refractivity contribution >= 4 is 0 Å². The van der Waals surface area contributed by atoms with Crippen molar-refractivity contribution in [3.63, 3.8) is 0 Å². The predicted octanol–water partition coefficient (Wildman–Crippen LogP) is 3.36. The van der Waals surface area contributed by atoms with E-state index in [1.807, 2.05) is 6.08 Å². The van der Waals surface area contributed by atoms with E-state index in [2.05, 4.69) is 39.0 Å². The first-order valence-corrected chi connectivity index (χ1v) is 4.01. The standard InChI is InChI=1S/C10H17/c1-4-5-6-7-8-9-10(2)3/h6-7,9-10H,4-5H2,1-3H3. The largest absolute Gasteiger partial charge is 0.0839 e. The second-order valence-electron chi connectivity index (χ2n) is 2.77. The summed E-state index contributed by atoms with van der Waals surface area (Å²) in [4.78, 5) is 0. The van der Waals surface area contributed by atoms with E-state index in [0.717, 1.165) is 0 Å². The quantitative estimate of drug-likeness (QED) is 0.521. The van der Waals surface area contributed by atoms with Gasteiger partial charge in [0.2, 0.25) is 0 Å². The molecule has 0 heterocycles. The molecule has 0 unspecified atom stereocenters. The SMILES string of the molecule is CCCC=C/[C]=C/C(C)C. The molecular weight excluding hydrogens is 120 g/mol. The van der Waals surface area contributed by atoms with Crippen molar-refractivity contribution in [2.75, 3.05) is 0 Å². The van der Waals surface area contributed by atoms with E-state index in [4.69, 9.17) is 0 Å². The van der Waals surface area contributed by atoms with Gasteiger partial charge in [0.1, 0.15) is 0 Å². The maximum Gasteiger partial charge on any atom is -0.0228 e. The van der Waals surface area contributed by atoms with Crippen LogP contribution in [-0.4, -0.2) is 0 Å². The van der Waals surface area contributed by atoms with Crippen molar-refractivity contribution in [1.29, 1.82) is 0 Å². The maximum absolute atomic E-state index is 3.11. The summed E-state index contributed by atoms with van der Waals surface area (Å²) in [5.74, 6) is 0.617. The monoisotopic (exact) mass is 137 g/mol. The molecule has 0 bridgehead atoms. The minimum absolute atomic E-state index is 0.617. The summed E-state index contributed by atoms with van der Waals surface area (Å²) in [5.41, 5.74) is 0. The third-order valence-corrected chi connectivity index (χ3v) is 1.10. The predicted molar refractivity (Wildman–Crippen MR) is 46.7 cm³/mol. The highest BCUT2D eigenvalue weighted by atomic mass is 13.8. The Morgan fingerprint density at radius 1 is 1.40 bits per heavy atom. The summed E-state index contributed by atoms with van der Waals surface area (Å²) < 4.78 is 0. The van der Waals surface area contributed by atoms with Crippen LogP contribution >= 0.6 is 0 Å². The van der Waals surface area contributed by atoms with Crippen molar-refractivity contribution < 1.29 is 0 Å². The van der Waals surface area contributed by atoms with Crippen LogP contribution in [0.3, 0.4) is 0 Å². The molecule has 0 nitrogen and oxygen atoms in total. The fourth-order valence-corrected chi connectivity index (χ4v) is 0.566. The number of hydrogen-bond donors (Lipinski definition) is 0. The first kappa shape index (κ1) is 9.48. The fourth-order valence-electron chi connectivity index (χ4n) is 0.566. The zero-order chi connectivity index (χ0) is 7.82. The molecule has 57 valence electrons. The third kappa shape index (κ3) is 7.48. The van der Waals surface area contributed by atoms with E-state index < -0.39 is 0 Å². The molecule has 0 fully saturated rings. The topological polar surface area (TPSA) is 0 Å². The van der Waals surface area contributed by atoms with Gasteiger partial charge in [0.05, 0.1) is 0 Å². The van der Waals surface area contributed by atoms with Gasteiger partial charge in [-0.3, -0.25) is 0 Å². The summed E-state index contributed by atoms with van der Waals surface area (Å²) >= 11 is 0. The van der Waals surface area contributed by atoms with E-state index in [1.165, 1.54) is 12.8 Å². The molecule has 0 aromatic heterocycles. The Balaban J connectivity index is 3.32. The zero-order valence-corrected chi connectivity index (χ0v) is 7.22. The normalized spacial score (nSPS) is 12.4. The molecular formula is C10H17. The Labute approximate surface area is 64.6 Å². The first-order valence-electron chi connectivity index (χ1n) is 4.01. The van der Waals surface area contributed by atoms with E-state index >= 15 is 0 Å². The summed E-state index contributed by atoms with van der Waals surface area (Å²) in [6, 6.07) is 0. The molecule has 1 radical (unpaired) electrons. The summed E-state index contributed by atoms with van der Waals surface area (Å²) in [6.07, 6.45) is 11.7. The Kier molecular flexibility index (Phi) is 6.25. The van der Waals surface area contributed by atoms with Crippen molar-refractivity contribution in [1.82, 2.24) is 0 Å². The molecule has 0 saturated heterocycles. The summed E-state index contributed by atoms with van der Waals surface area (Å²) in [7, 11) is 0. The number of unbranched alkanes of at least 4 members (excludes halogenated alkanes) is 1. The second-order valence-corrected chi connectivity index (χ2v) is 2.77. The van der Waals surface area contributed by atoms with Crippen molar-refractivity contribution in [3.8, 4) is 0 Å². The molecule has 0 aliphatic heterocycles. The lowest BCUT2D eigenvalue weighted by atomic mass is 10.2. The van der Waals surface area contributed by atoms with Crippen LogP contribution in [0.1, 0.15) is 33.6 Å². The van der Waals surface area contributed by atoms with Gasteiger partial charge in [0.25, 0.3) is 0 Å². The van der Waals surface area contributed by atoms with Crippen LogP contribution < -0.4 is 0 Å². The summed E-state index contributed by atoms with van der Waals surface area (Å²) in [6.45, 7) is 6.48. The minimum atomic E-state index is 0.617. The van der Waals surface area contributed by atoms with Crippen LogP contribution in [0.4, 0.5) is 0 Å². The van der Waals surface area contributed by atoms with Gasteiger partial charge in [0.15, 0.2) is 0 Å². The van der Waals surface area contributed by atoms with Crippen molar-refractivity contribution in [3.05, 3.63) is 24.3 Å². The van der Waals surface area contributed by atoms with E-state index in [1.54, 1.807) is 0 Å². The van der Waals surface area contributed by atoms with E-state index in [0.29, 0.717) is 5.92 Å². The van der Waals surface area contributed by atoms with Crippen LogP contribution in [0, 0.1) is 12.0 Å². The van der Waals surface area contributed by atoms with Crippen LogP contribution in [-0.2, 0) is 0 Å². The van der Waals surface area contributed by atoms with Gasteiger partial charge >= 0.3 is 0 Å². The molecule has 0 saturated carbocycles. The molecule has 0 N–H and O–H groups in total. The molecule has 0 rings (SSSR count). The van der Waals surface area contributed by atoms with E-state index in [-0.39, 0.29) is 0 Å². The Bertz CT molecular complexity index is 107. The number of allylic oxidation sites excluding steroid dienone is 4. The Hall–Kier alpha value is -0.520. The highest BCUT2D eigenvalue weighted by Crippen LogP contribution is 1.93. The highest BCUT2D eigenvalue weighted by Gasteiger charge is 1.79. The number of rotatable bonds is 4. The molecule has 0 atom stereocenters. The molecule has 0 amide bonds. The molecule has 0 aliphatic carbocycles. The Morgan fingerprint density at radius 2 is 2.10 bits per heavy atom. The highest BCUT2D eigenvalue weighted by molar-refractivity contribution is 4.95. The summed E-state index contributed by atoms with van der Waals surface area (Å²) in [5, 5.41) is 0. The lowest BCUT2D eigenvalue weighted by Gasteiger charge is -1.88. The van der Waals surface area contributed by atoms with Crippen LogP contribution in [0.5, 0.6) is 0 Å². The molecule has 0 heteroatoms. The van der Waals surface area contributed by atoms with Crippen molar-refractivity contribution in [2.45, 2.75) is 33.6 Å². The van der Waals surface area contributed by atoms with Crippen molar-refractivity contribution in [2.24, 2.45) is 5.92 Å². The molecule has 0 spiro atoms. The van der Waals surface area contributed by atoms with Crippen LogP contribution in [0.2, 0.25) is 0 Å². The average molecular weight is 137 g/mol. The lowest BCUT2D eigenvalue weighted by Crippen LogP contribution is -1.74. The minimum Gasteiger partial charge on any atom is -0.0839 e. The smallest absolute Gasteiger partial charge is 0.0228 e.